The first kappa shape index (κ1) is 14.3. The van der Waals surface area contributed by atoms with E-state index in [0.29, 0.717) is 5.82 Å². The van der Waals surface area contributed by atoms with Gasteiger partial charge in [0, 0.05) is 17.0 Å². The largest absolute Gasteiger partial charge is 0.342 e. The molecule has 1 fully saturated rings. The van der Waals surface area contributed by atoms with Crippen LogP contribution in [0.1, 0.15) is 5.56 Å². The average molecular weight is 310 g/mol. The standard InChI is InChI=1S/C22H18N2/c1-14-21(15(2)24-16(3)23-14)13-22-19-10-6-4-8-17(19)12-18-9-5-7-11-20(18)22/h4-13,23-24H,1-3H2. The van der Waals surface area contributed by atoms with Gasteiger partial charge in [-0.15, -0.1) is 0 Å². The number of rotatable bonds is 1. The highest BCUT2D eigenvalue weighted by atomic mass is 15.1. The Morgan fingerprint density at radius 1 is 0.708 bits per heavy atom. The fraction of sp³-hybridized carbons (Fsp3) is 0. The second-order valence-electron chi connectivity index (χ2n) is 5.98. The van der Waals surface area contributed by atoms with E-state index in [9.17, 15) is 0 Å². The van der Waals surface area contributed by atoms with Crippen molar-refractivity contribution in [3.8, 4) is 0 Å². The molecule has 0 bridgehead atoms. The highest BCUT2D eigenvalue weighted by Gasteiger charge is 2.16. The summed E-state index contributed by atoms with van der Waals surface area (Å²) in [5, 5.41) is 11.2. The molecule has 0 amide bonds. The van der Waals surface area contributed by atoms with Gasteiger partial charge in [-0.1, -0.05) is 68.3 Å². The molecule has 0 saturated carbocycles. The molecule has 1 aliphatic rings. The summed E-state index contributed by atoms with van der Waals surface area (Å²) in [4.78, 5) is 0. The molecule has 1 aliphatic heterocycles. The molecule has 1 heterocycles. The number of benzene rings is 3. The Balaban J connectivity index is 2.04. The Kier molecular flexibility index (Phi) is 3.24. The predicted molar refractivity (Wildman–Crippen MR) is 103 cm³/mol. The molecule has 3 aromatic rings. The predicted octanol–water partition coefficient (Wildman–Crippen LogP) is 5.07. The summed E-state index contributed by atoms with van der Waals surface area (Å²) in [5.41, 5.74) is 3.75. The van der Waals surface area contributed by atoms with Gasteiger partial charge in [0.2, 0.25) is 0 Å². The lowest BCUT2D eigenvalue weighted by atomic mass is 9.94. The summed E-state index contributed by atoms with van der Waals surface area (Å²) in [7, 11) is 0. The van der Waals surface area contributed by atoms with Crippen LogP contribution in [0.2, 0.25) is 0 Å². The van der Waals surface area contributed by atoms with Crippen molar-refractivity contribution in [1.29, 1.82) is 0 Å². The Bertz CT molecular complexity index is 978. The van der Waals surface area contributed by atoms with Crippen LogP contribution in [-0.4, -0.2) is 0 Å². The third-order valence-corrected chi connectivity index (χ3v) is 4.36. The smallest absolute Gasteiger partial charge is 0.100 e. The maximum atomic E-state index is 4.11. The second-order valence-corrected chi connectivity index (χ2v) is 5.98. The summed E-state index contributed by atoms with van der Waals surface area (Å²) < 4.78 is 0. The molecule has 2 heteroatoms. The molecule has 4 rings (SSSR count). The summed E-state index contributed by atoms with van der Waals surface area (Å²) >= 11 is 0. The summed E-state index contributed by atoms with van der Waals surface area (Å²) in [5.74, 6) is 0.699. The van der Waals surface area contributed by atoms with E-state index in [-0.39, 0.29) is 0 Å². The van der Waals surface area contributed by atoms with Crippen LogP contribution in [-0.2, 0) is 0 Å². The van der Waals surface area contributed by atoms with E-state index >= 15 is 0 Å². The summed E-state index contributed by atoms with van der Waals surface area (Å²) in [6, 6.07) is 19.1. The molecule has 1 saturated heterocycles. The molecule has 0 unspecified atom stereocenters. The molecule has 3 aromatic carbocycles. The molecule has 0 spiro atoms. The van der Waals surface area contributed by atoms with Crippen molar-refractivity contribution in [2.24, 2.45) is 0 Å². The molecule has 0 atom stereocenters. The zero-order valence-electron chi connectivity index (χ0n) is 13.4. The van der Waals surface area contributed by atoms with E-state index in [0.717, 1.165) is 17.0 Å². The highest BCUT2D eigenvalue weighted by molar-refractivity contribution is 6.07. The van der Waals surface area contributed by atoms with Gasteiger partial charge in [0.05, 0.1) is 0 Å². The van der Waals surface area contributed by atoms with Crippen LogP contribution in [0.3, 0.4) is 0 Å². The maximum Gasteiger partial charge on any atom is 0.100 e. The zero-order chi connectivity index (χ0) is 16.7. The fourth-order valence-corrected chi connectivity index (χ4v) is 3.24. The molecule has 0 radical (unpaired) electrons. The van der Waals surface area contributed by atoms with E-state index in [2.05, 4.69) is 91.0 Å². The van der Waals surface area contributed by atoms with Crippen LogP contribution in [0.15, 0.2) is 97.1 Å². The van der Waals surface area contributed by atoms with Crippen molar-refractivity contribution in [2.45, 2.75) is 0 Å². The normalized spacial score (nSPS) is 14.7. The quantitative estimate of drug-likeness (QED) is 0.613. The zero-order valence-corrected chi connectivity index (χ0v) is 13.4. The van der Waals surface area contributed by atoms with Crippen molar-refractivity contribution in [2.75, 3.05) is 0 Å². The lowest BCUT2D eigenvalue weighted by molar-refractivity contribution is 0.806. The van der Waals surface area contributed by atoms with Crippen molar-refractivity contribution in [3.63, 3.8) is 0 Å². The Labute approximate surface area is 141 Å². The minimum absolute atomic E-state index is 0.699. The Morgan fingerprint density at radius 3 is 1.75 bits per heavy atom. The van der Waals surface area contributed by atoms with Gasteiger partial charge in [0.15, 0.2) is 0 Å². The van der Waals surface area contributed by atoms with Gasteiger partial charge < -0.3 is 10.6 Å². The van der Waals surface area contributed by atoms with E-state index in [4.69, 9.17) is 0 Å². The van der Waals surface area contributed by atoms with Crippen LogP contribution < -0.4 is 10.6 Å². The van der Waals surface area contributed by atoms with Crippen molar-refractivity contribution < 1.29 is 0 Å². The molecule has 0 aliphatic carbocycles. The monoisotopic (exact) mass is 310 g/mol. The number of fused-ring (bicyclic) bond motifs is 2. The highest BCUT2D eigenvalue weighted by Crippen LogP contribution is 2.32. The lowest BCUT2D eigenvalue weighted by Gasteiger charge is -2.25. The first-order valence-corrected chi connectivity index (χ1v) is 7.87. The molecular formula is C22H18N2. The number of hydrogen-bond donors (Lipinski definition) is 2. The Hall–Kier alpha value is -3.26. The third-order valence-electron chi connectivity index (χ3n) is 4.36. The van der Waals surface area contributed by atoms with Crippen LogP contribution in [0.4, 0.5) is 0 Å². The van der Waals surface area contributed by atoms with Gasteiger partial charge in [-0.05, 0) is 39.3 Å². The van der Waals surface area contributed by atoms with Crippen molar-refractivity contribution in [3.05, 3.63) is 103 Å². The van der Waals surface area contributed by atoms with Crippen molar-refractivity contribution >= 4 is 27.6 Å². The minimum Gasteiger partial charge on any atom is -0.342 e. The summed E-state index contributed by atoms with van der Waals surface area (Å²) in [6.07, 6.45) is 2.15. The SMILES string of the molecule is C=C1NC(=C)C(=Cc2c3ccccc3cc3ccccc23)C(=C)N1. The lowest BCUT2D eigenvalue weighted by Crippen LogP contribution is -2.32. The van der Waals surface area contributed by atoms with Gasteiger partial charge >= 0.3 is 0 Å². The van der Waals surface area contributed by atoms with Crippen LogP contribution in [0.5, 0.6) is 0 Å². The summed E-state index contributed by atoms with van der Waals surface area (Å²) in [6.45, 7) is 12.1. The molecule has 2 N–H and O–H groups in total. The number of hydrogen-bond acceptors (Lipinski definition) is 2. The van der Waals surface area contributed by atoms with E-state index in [1.165, 1.54) is 27.1 Å². The molecular weight excluding hydrogens is 292 g/mol. The molecule has 24 heavy (non-hydrogen) atoms. The van der Waals surface area contributed by atoms with E-state index < -0.39 is 0 Å². The average Bonchev–Trinajstić information content (AvgIpc) is 2.57. The van der Waals surface area contributed by atoms with Gasteiger partial charge in [-0.2, -0.15) is 0 Å². The second kappa shape index (κ2) is 5.43. The van der Waals surface area contributed by atoms with E-state index in [1.807, 2.05) is 0 Å². The van der Waals surface area contributed by atoms with E-state index in [1.54, 1.807) is 0 Å². The van der Waals surface area contributed by atoms with Crippen molar-refractivity contribution in [1.82, 2.24) is 10.6 Å². The molecule has 0 aromatic heterocycles. The molecule has 116 valence electrons. The fourth-order valence-electron chi connectivity index (χ4n) is 3.24. The van der Waals surface area contributed by atoms with Crippen LogP contribution >= 0.6 is 0 Å². The molecule has 2 nitrogen and oxygen atoms in total. The van der Waals surface area contributed by atoms with Gasteiger partial charge in [0.1, 0.15) is 5.82 Å². The third kappa shape index (κ3) is 2.29. The first-order chi connectivity index (χ1) is 11.6. The topological polar surface area (TPSA) is 24.1 Å². The Morgan fingerprint density at radius 2 is 1.21 bits per heavy atom. The van der Waals surface area contributed by atoms with Crippen LogP contribution in [0.25, 0.3) is 27.6 Å². The first-order valence-electron chi connectivity index (χ1n) is 7.87. The van der Waals surface area contributed by atoms with Gasteiger partial charge in [-0.25, -0.2) is 0 Å². The van der Waals surface area contributed by atoms with Gasteiger partial charge in [0.25, 0.3) is 0 Å². The number of nitrogens with one attached hydrogen (secondary N) is 2. The van der Waals surface area contributed by atoms with Crippen LogP contribution in [0, 0.1) is 0 Å². The maximum absolute atomic E-state index is 4.11. The minimum atomic E-state index is 0.699. The van der Waals surface area contributed by atoms with Gasteiger partial charge in [-0.3, -0.25) is 0 Å².